The van der Waals surface area contributed by atoms with E-state index in [1.807, 2.05) is 31.2 Å². The summed E-state index contributed by atoms with van der Waals surface area (Å²) in [6.45, 7) is 2.18. The Morgan fingerprint density at radius 1 is 1.14 bits per heavy atom. The van der Waals surface area contributed by atoms with Crippen molar-refractivity contribution in [3.05, 3.63) is 65.8 Å². The van der Waals surface area contributed by atoms with Gasteiger partial charge in [-0.1, -0.05) is 17.3 Å². The van der Waals surface area contributed by atoms with Crippen molar-refractivity contribution in [2.75, 3.05) is 0 Å². The normalized spacial score (nSPS) is 10.6. The molecule has 1 aromatic heterocycles. The molecule has 0 atom stereocenters. The molecule has 0 saturated carbocycles. The zero-order valence-corrected chi connectivity index (χ0v) is 11.4. The molecule has 0 aliphatic heterocycles. The summed E-state index contributed by atoms with van der Waals surface area (Å²) in [7, 11) is 0. The standard InChI is InChI=1S/C16H13FN2O2/c1-11-3-2-4-14(9-11)20-10-15-18-16(19-21-15)12-5-7-13(17)8-6-12/h2-9H,10H2,1H3. The maximum absolute atomic E-state index is 12.9. The molecule has 0 unspecified atom stereocenters. The molecule has 0 N–H and O–H groups in total. The summed E-state index contributed by atoms with van der Waals surface area (Å²) < 4.78 is 23.6. The molecule has 0 spiro atoms. The summed E-state index contributed by atoms with van der Waals surface area (Å²) in [6.07, 6.45) is 0. The Hall–Kier alpha value is -2.69. The third kappa shape index (κ3) is 3.25. The lowest BCUT2D eigenvalue weighted by Crippen LogP contribution is -1.95. The summed E-state index contributed by atoms with van der Waals surface area (Å²) in [5, 5.41) is 3.86. The zero-order valence-electron chi connectivity index (χ0n) is 11.4. The number of ether oxygens (including phenoxy) is 1. The number of nitrogens with zero attached hydrogens (tertiary/aromatic N) is 2. The van der Waals surface area contributed by atoms with Gasteiger partial charge in [0.1, 0.15) is 11.6 Å². The summed E-state index contributed by atoms with van der Waals surface area (Å²) in [6, 6.07) is 13.6. The van der Waals surface area contributed by atoms with Gasteiger partial charge in [0.05, 0.1) is 0 Å². The number of aryl methyl sites for hydroxylation is 1. The van der Waals surface area contributed by atoms with E-state index in [9.17, 15) is 4.39 Å². The van der Waals surface area contributed by atoms with Gasteiger partial charge in [-0.2, -0.15) is 4.98 Å². The van der Waals surface area contributed by atoms with Crippen LogP contribution in [0.1, 0.15) is 11.5 Å². The van der Waals surface area contributed by atoms with Gasteiger partial charge in [0.2, 0.25) is 5.82 Å². The predicted octanol–water partition coefficient (Wildman–Crippen LogP) is 3.76. The highest BCUT2D eigenvalue weighted by atomic mass is 19.1. The van der Waals surface area contributed by atoms with Crippen LogP contribution in [0, 0.1) is 12.7 Å². The van der Waals surface area contributed by atoms with Gasteiger partial charge < -0.3 is 9.26 Å². The molecule has 3 aromatic rings. The fourth-order valence-electron chi connectivity index (χ4n) is 1.88. The first-order chi connectivity index (χ1) is 10.2. The van der Waals surface area contributed by atoms with Crippen molar-refractivity contribution in [3.8, 4) is 17.1 Å². The first-order valence-electron chi connectivity index (χ1n) is 6.49. The van der Waals surface area contributed by atoms with Crippen LogP contribution in [-0.2, 0) is 6.61 Å². The van der Waals surface area contributed by atoms with Crippen LogP contribution in [0.2, 0.25) is 0 Å². The van der Waals surface area contributed by atoms with E-state index in [2.05, 4.69) is 10.1 Å². The Morgan fingerprint density at radius 3 is 2.71 bits per heavy atom. The fourth-order valence-corrected chi connectivity index (χ4v) is 1.88. The number of benzene rings is 2. The molecular weight excluding hydrogens is 271 g/mol. The smallest absolute Gasteiger partial charge is 0.264 e. The molecule has 21 heavy (non-hydrogen) atoms. The molecule has 106 valence electrons. The van der Waals surface area contributed by atoms with E-state index < -0.39 is 0 Å². The molecule has 0 saturated heterocycles. The maximum atomic E-state index is 12.9. The molecular formula is C16H13FN2O2. The van der Waals surface area contributed by atoms with Crippen LogP contribution in [0.25, 0.3) is 11.4 Å². The van der Waals surface area contributed by atoms with Crippen molar-refractivity contribution in [2.45, 2.75) is 13.5 Å². The summed E-state index contributed by atoms with van der Waals surface area (Å²) in [4.78, 5) is 4.22. The SMILES string of the molecule is Cc1cccc(OCc2nc(-c3ccc(F)cc3)no2)c1. The van der Waals surface area contributed by atoms with Crippen molar-refractivity contribution in [1.29, 1.82) is 0 Å². The minimum atomic E-state index is -0.301. The van der Waals surface area contributed by atoms with Crippen LogP contribution in [0.4, 0.5) is 4.39 Å². The predicted molar refractivity (Wildman–Crippen MR) is 75.2 cm³/mol. The second-order valence-corrected chi connectivity index (χ2v) is 4.62. The van der Waals surface area contributed by atoms with Gasteiger partial charge >= 0.3 is 0 Å². The Bertz CT molecular complexity index is 738. The van der Waals surface area contributed by atoms with Gasteiger partial charge in [0.15, 0.2) is 6.61 Å². The van der Waals surface area contributed by atoms with Gasteiger partial charge in [0.25, 0.3) is 5.89 Å². The highest BCUT2D eigenvalue weighted by molar-refractivity contribution is 5.53. The highest BCUT2D eigenvalue weighted by Crippen LogP contribution is 2.18. The van der Waals surface area contributed by atoms with E-state index in [-0.39, 0.29) is 12.4 Å². The largest absolute Gasteiger partial charge is 0.484 e. The Kier molecular flexibility index (Phi) is 3.64. The molecule has 0 bridgehead atoms. The minimum absolute atomic E-state index is 0.192. The van der Waals surface area contributed by atoms with Gasteiger partial charge in [-0.05, 0) is 48.9 Å². The van der Waals surface area contributed by atoms with Gasteiger partial charge in [-0.3, -0.25) is 0 Å². The molecule has 0 aliphatic carbocycles. The number of hydrogen-bond acceptors (Lipinski definition) is 4. The average Bonchev–Trinajstić information content (AvgIpc) is 2.95. The number of rotatable bonds is 4. The van der Waals surface area contributed by atoms with Gasteiger partial charge in [-0.25, -0.2) is 4.39 Å². The molecule has 2 aromatic carbocycles. The van der Waals surface area contributed by atoms with Crippen LogP contribution in [0.3, 0.4) is 0 Å². The average molecular weight is 284 g/mol. The number of halogens is 1. The van der Waals surface area contributed by atoms with E-state index >= 15 is 0 Å². The highest BCUT2D eigenvalue weighted by Gasteiger charge is 2.09. The monoisotopic (exact) mass is 284 g/mol. The van der Waals surface area contributed by atoms with E-state index in [0.717, 1.165) is 11.3 Å². The quantitative estimate of drug-likeness (QED) is 0.732. The lowest BCUT2D eigenvalue weighted by Gasteiger charge is -2.03. The summed E-state index contributed by atoms with van der Waals surface area (Å²) in [5.74, 6) is 1.23. The van der Waals surface area contributed by atoms with Crippen LogP contribution < -0.4 is 4.74 Å². The summed E-state index contributed by atoms with van der Waals surface area (Å²) in [5.41, 5.74) is 1.81. The zero-order chi connectivity index (χ0) is 14.7. The second kappa shape index (κ2) is 5.75. The summed E-state index contributed by atoms with van der Waals surface area (Å²) >= 11 is 0. The van der Waals surface area contributed by atoms with Crippen molar-refractivity contribution in [3.63, 3.8) is 0 Å². The molecule has 0 radical (unpaired) electrons. The third-order valence-corrected chi connectivity index (χ3v) is 2.92. The lowest BCUT2D eigenvalue weighted by atomic mass is 10.2. The topological polar surface area (TPSA) is 48.2 Å². The first kappa shape index (κ1) is 13.3. The van der Waals surface area contributed by atoms with E-state index in [1.54, 1.807) is 12.1 Å². The van der Waals surface area contributed by atoms with Gasteiger partial charge in [-0.15, -0.1) is 0 Å². The molecule has 0 aliphatic rings. The molecule has 4 nitrogen and oxygen atoms in total. The molecule has 1 heterocycles. The van der Waals surface area contributed by atoms with E-state index in [1.165, 1.54) is 12.1 Å². The van der Waals surface area contributed by atoms with E-state index in [0.29, 0.717) is 17.3 Å². The second-order valence-electron chi connectivity index (χ2n) is 4.62. The lowest BCUT2D eigenvalue weighted by molar-refractivity contribution is 0.243. The van der Waals surface area contributed by atoms with Crippen LogP contribution >= 0.6 is 0 Å². The van der Waals surface area contributed by atoms with Crippen LogP contribution in [0.15, 0.2) is 53.1 Å². The van der Waals surface area contributed by atoms with Crippen molar-refractivity contribution in [1.82, 2.24) is 10.1 Å². The van der Waals surface area contributed by atoms with Crippen molar-refractivity contribution in [2.24, 2.45) is 0 Å². The van der Waals surface area contributed by atoms with Crippen molar-refractivity contribution >= 4 is 0 Å². The Morgan fingerprint density at radius 2 is 1.95 bits per heavy atom. The Labute approximate surface area is 121 Å². The molecule has 0 amide bonds. The maximum Gasteiger partial charge on any atom is 0.264 e. The number of aromatic nitrogens is 2. The number of hydrogen-bond donors (Lipinski definition) is 0. The van der Waals surface area contributed by atoms with Gasteiger partial charge in [0, 0.05) is 5.56 Å². The fraction of sp³-hybridized carbons (Fsp3) is 0.125. The molecule has 3 rings (SSSR count). The van der Waals surface area contributed by atoms with Crippen LogP contribution in [-0.4, -0.2) is 10.1 Å². The Balaban J connectivity index is 1.69. The molecule has 0 fully saturated rings. The van der Waals surface area contributed by atoms with Crippen LogP contribution in [0.5, 0.6) is 5.75 Å². The third-order valence-electron chi connectivity index (χ3n) is 2.92. The molecule has 5 heteroatoms. The van der Waals surface area contributed by atoms with Crippen molar-refractivity contribution < 1.29 is 13.7 Å². The first-order valence-corrected chi connectivity index (χ1v) is 6.49. The van der Waals surface area contributed by atoms with E-state index in [4.69, 9.17) is 9.26 Å². The minimum Gasteiger partial charge on any atom is -0.484 e.